The van der Waals surface area contributed by atoms with Gasteiger partial charge in [0.2, 0.25) is 0 Å². The average molecular weight is 216 g/mol. The number of ether oxygens (including phenoxy) is 2. The molecule has 0 saturated carbocycles. The molecule has 86 valence electrons. The van der Waals surface area contributed by atoms with Crippen LogP contribution in [0, 0.1) is 0 Å². The normalized spacial score (nSPS) is 11.2. The zero-order valence-electron chi connectivity index (χ0n) is 9.36. The summed E-state index contributed by atoms with van der Waals surface area (Å²) in [4.78, 5) is 21.7. The second kappa shape index (κ2) is 6.00. The molecular formula is C9H16N2O4. The number of carbonyl (C=O) groups is 2. The number of nitrogens with one attached hydrogen (secondary N) is 1. The predicted octanol–water partition coefficient (Wildman–Crippen LogP) is 1.06. The molecule has 0 aromatic carbocycles. The summed E-state index contributed by atoms with van der Waals surface area (Å²) >= 11 is 0. The predicted molar refractivity (Wildman–Crippen MR) is 54.5 cm³/mol. The lowest BCUT2D eigenvalue weighted by atomic mass is 10.2. The van der Waals surface area contributed by atoms with Gasteiger partial charge >= 0.3 is 12.1 Å². The number of carbonyl (C=O) groups excluding carboxylic acids is 2. The minimum Gasteiger partial charge on any atom is -0.462 e. The third-order valence-electron chi connectivity index (χ3n) is 1.01. The Bertz CT molecular complexity index is 255. The zero-order valence-corrected chi connectivity index (χ0v) is 9.36. The largest absolute Gasteiger partial charge is 0.462 e. The minimum atomic E-state index is -0.719. The van der Waals surface area contributed by atoms with Crippen LogP contribution < -0.4 is 5.43 Å². The van der Waals surface area contributed by atoms with E-state index in [9.17, 15) is 9.59 Å². The molecule has 0 aliphatic rings. The van der Waals surface area contributed by atoms with Crippen molar-refractivity contribution in [3.8, 4) is 0 Å². The molecule has 1 amide bonds. The van der Waals surface area contributed by atoms with Crippen LogP contribution in [0.2, 0.25) is 0 Å². The van der Waals surface area contributed by atoms with Crippen molar-refractivity contribution < 1.29 is 19.1 Å². The summed E-state index contributed by atoms with van der Waals surface area (Å²) in [6.45, 7) is 7.11. The van der Waals surface area contributed by atoms with Crippen molar-refractivity contribution >= 4 is 18.3 Å². The van der Waals surface area contributed by atoms with E-state index in [4.69, 9.17) is 4.74 Å². The van der Waals surface area contributed by atoms with E-state index in [0.29, 0.717) is 0 Å². The molecule has 0 fully saturated rings. The highest BCUT2D eigenvalue weighted by Crippen LogP contribution is 2.05. The molecule has 0 rings (SSSR count). The molecule has 0 unspecified atom stereocenters. The quantitative estimate of drug-likeness (QED) is 0.434. The van der Waals surface area contributed by atoms with Crippen LogP contribution in [0.5, 0.6) is 0 Å². The number of hydrogen-bond acceptors (Lipinski definition) is 5. The van der Waals surface area contributed by atoms with Gasteiger partial charge in [0.25, 0.3) is 0 Å². The molecule has 0 aliphatic carbocycles. The Labute approximate surface area is 88.6 Å². The van der Waals surface area contributed by atoms with Gasteiger partial charge in [-0.05, 0) is 27.7 Å². The second-order valence-corrected chi connectivity index (χ2v) is 3.62. The fourth-order valence-corrected chi connectivity index (χ4v) is 0.618. The first kappa shape index (κ1) is 13.4. The van der Waals surface area contributed by atoms with E-state index >= 15 is 0 Å². The van der Waals surface area contributed by atoms with Gasteiger partial charge in [-0.15, -0.1) is 0 Å². The van der Waals surface area contributed by atoms with Gasteiger partial charge < -0.3 is 9.47 Å². The Morgan fingerprint density at radius 3 is 2.47 bits per heavy atom. The van der Waals surface area contributed by atoms with Crippen LogP contribution in [0.25, 0.3) is 0 Å². The topological polar surface area (TPSA) is 77.0 Å². The molecule has 0 aliphatic heterocycles. The molecule has 0 heterocycles. The van der Waals surface area contributed by atoms with Crippen molar-refractivity contribution in [2.45, 2.75) is 33.3 Å². The Hall–Kier alpha value is -1.59. The van der Waals surface area contributed by atoms with Gasteiger partial charge in [0, 0.05) is 0 Å². The molecule has 0 atom stereocenters. The fraction of sp³-hybridized carbons (Fsp3) is 0.667. The van der Waals surface area contributed by atoms with Crippen molar-refractivity contribution in [3.05, 3.63) is 0 Å². The second-order valence-electron chi connectivity index (χ2n) is 3.62. The first-order valence-electron chi connectivity index (χ1n) is 4.54. The molecule has 0 radical (unpaired) electrons. The molecule has 1 N–H and O–H groups in total. The Balaban J connectivity index is 3.86. The van der Waals surface area contributed by atoms with Crippen LogP contribution in [0.1, 0.15) is 27.7 Å². The van der Waals surface area contributed by atoms with Crippen LogP contribution in [0.3, 0.4) is 0 Å². The highest BCUT2D eigenvalue weighted by Gasteiger charge is 2.15. The highest BCUT2D eigenvalue weighted by atomic mass is 16.6. The molecule has 0 saturated heterocycles. The summed E-state index contributed by atoms with van der Waals surface area (Å²) in [6.07, 6.45) is 0.149. The van der Waals surface area contributed by atoms with Crippen molar-refractivity contribution in [2.75, 3.05) is 6.61 Å². The average Bonchev–Trinajstić information content (AvgIpc) is 2.00. The van der Waals surface area contributed by atoms with E-state index in [2.05, 4.69) is 9.84 Å². The molecule has 0 bridgehead atoms. The maximum atomic E-state index is 11.0. The van der Waals surface area contributed by atoms with Gasteiger partial charge in [0.1, 0.15) is 11.8 Å². The number of hydrogen-bond donors (Lipinski definition) is 1. The molecular weight excluding hydrogens is 200 g/mol. The Morgan fingerprint density at radius 2 is 2.00 bits per heavy atom. The number of rotatable bonds is 3. The summed E-state index contributed by atoms with van der Waals surface area (Å²) in [6, 6.07) is 0. The van der Waals surface area contributed by atoms with Crippen LogP contribution in [0.4, 0.5) is 4.79 Å². The lowest BCUT2D eigenvalue weighted by molar-refractivity contribution is -0.134. The summed E-state index contributed by atoms with van der Waals surface area (Å²) in [7, 11) is 0. The molecule has 15 heavy (non-hydrogen) atoms. The summed E-state index contributed by atoms with van der Waals surface area (Å²) in [5, 5.41) is 3.35. The summed E-state index contributed by atoms with van der Waals surface area (Å²) in [5.41, 5.74) is 1.44. The van der Waals surface area contributed by atoms with Gasteiger partial charge in [-0.1, -0.05) is 0 Å². The van der Waals surface area contributed by atoms with Gasteiger partial charge in [-0.25, -0.2) is 15.0 Å². The van der Waals surface area contributed by atoms with Crippen LogP contribution in [0.15, 0.2) is 5.10 Å². The fourth-order valence-electron chi connectivity index (χ4n) is 0.618. The smallest absolute Gasteiger partial charge is 0.428 e. The lowest BCUT2D eigenvalue weighted by Crippen LogP contribution is -2.30. The molecule has 0 aromatic heterocycles. The highest BCUT2D eigenvalue weighted by molar-refractivity contribution is 6.23. The number of nitrogens with zero attached hydrogens (tertiary/aromatic N) is 1. The molecule has 0 spiro atoms. The maximum absolute atomic E-state index is 11.0. The third kappa shape index (κ3) is 8.73. The van der Waals surface area contributed by atoms with Gasteiger partial charge in [0.05, 0.1) is 6.61 Å². The van der Waals surface area contributed by atoms with E-state index < -0.39 is 17.7 Å². The van der Waals surface area contributed by atoms with Gasteiger partial charge in [-0.2, -0.15) is 5.10 Å². The van der Waals surface area contributed by atoms with Crippen molar-refractivity contribution in [2.24, 2.45) is 5.10 Å². The van der Waals surface area contributed by atoms with Gasteiger partial charge in [-0.3, -0.25) is 0 Å². The number of esters is 1. The Morgan fingerprint density at radius 1 is 1.40 bits per heavy atom. The van der Waals surface area contributed by atoms with E-state index in [1.165, 1.54) is 0 Å². The summed E-state index contributed by atoms with van der Waals surface area (Å²) < 4.78 is 9.41. The van der Waals surface area contributed by atoms with Crippen molar-refractivity contribution in [3.63, 3.8) is 0 Å². The van der Waals surface area contributed by atoms with Crippen molar-refractivity contribution in [1.82, 2.24) is 5.43 Å². The van der Waals surface area contributed by atoms with Gasteiger partial charge in [0.15, 0.2) is 0 Å². The van der Waals surface area contributed by atoms with Crippen molar-refractivity contribution in [1.29, 1.82) is 0 Å². The molecule has 6 heteroatoms. The van der Waals surface area contributed by atoms with E-state index in [1.54, 1.807) is 27.7 Å². The SMILES string of the molecule is CCOC(=O)/C=N\NC(=O)OC(C)(C)C. The first-order valence-corrected chi connectivity index (χ1v) is 4.54. The monoisotopic (exact) mass is 216 g/mol. The van der Waals surface area contributed by atoms with E-state index in [1.807, 2.05) is 5.43 Å². The molecule has 0 aromatic rings. The number of hydrazone groups is 1. The third-order valence-corrected chi connectivity index (χ3v) is 1.01. The van der Waals surface area contributed by atoms with E-state index in [-0.39, 0.29) is 6.61 Å². The first-order chi connectivity index (χ1) is 6.85. The molecule has 6 nitrogen and oxygen atoms in total. The van der Waals surface area contributed by atoms with Crippen LogP contribution >= 0.6 is 0 Å². The van der Waals surface area contributed by atoms with Crippen LogP contribution in [-0.4, -0.2) is 30.5 Å². The standard InChI is InChI=1S/C9H16N2O4/c1-5-14-7(12)6-10-11-8(13)15-9(2,3)4/h6H,5H2,1-4H3,(H,11,13)/b10-6-. The number of amides is 1. The lowest BCUT2D eigenvalue weighted by Gasteiger charge is -2.18. The van der Waals surface area contributed by atoms with Crippen LogP contribution in [-0.2, 0) is 14.3 Å². The minimum absolute atomic E-state index is 0.261. The van der Waals surface area contributed by atoms with E-state index in [0.717, 1.165) is 6.21 Å². The maximum Gasteiger partial charge on any atom is 0.428 e. The summed E-state index contributed by atoms with van der Waals surface area (Å²) in [5.74, 6) is -0.617. The zero-order chi connectivity index (χ0) is 11.9. The Kier molecular flexibility index (Phi) is 5.36.